The van der Waals surface area contributed by atoms with Crippen molar-refractivity contribution in [2.75, 3.05) is 58.7 Å². The molecule has 5 rings (SSSR count). The van der Waals surface area contributed by atoms with E-state index in [1.165, 1.54) is 62.6 Å². The van der Waals surface area contributed by atoms with E-state index in [0.717, 1.165) is 66.9 Å². The minimum atomic E-state index is -0.362. The third-order valence-electron chi connectivity index (χ3n) is 9.98. The summed E-state index contributed by atoms with van der Waals surface area (Å²) in [5, 5.41) is 2.98. The number of likely N-dealkylation sites (tertiary alicyclic amines) is 1. The molecule has 266 valence electrons. The molecule has 4 aromatic carbocycles. The number of carbonyl (C=O) groups is 1. The largest absolute Gasteiger partial charge is 0.446 e. The van der Waals surface area contributed by atoms with Gasteiger partial charge in [0, 0.05) is 18.7 Å². The number of amides is 1. The molecule has 1 aliphatic heterocycles. The number of hydrogen-bond acceptors (Lipinski definition) is 4. The molecule has 0 aliphatic carbocycles. The van der Waals surface area contributed by atoms with E-state index >= 15 is 0 Å². The van der Waals surface area contributed by atoms with E-state index in [-0.39, 0.29) is 18.3 Å². The van der Waals surface area contributed by atoms with Crippen molar-refractivity contribution in [3.8, 4) is 11.1 Å². The first-order valence-electron chi connectivity index (χ1n) is 18.8. The predicted octanol–water partition coefficient (Wildman–Crippen LogP) is 9.98. The molecule has 0 bridgehead atoms. The zero-order valence-electron chi connectivity index (χ0n) is 30.4. The fourth-order valence-electron chi connectivity index (χ4n) is 6.93. The average molecular weight is 677 g/mol. The van der Waals surface area contributed by atoms with E-state index in [1.807, 2.05) is 42.5 Å². The third kappa shape index (κ3) is 12.4. The average Bonchev–Trinajstić information content (AvgIpc) is 3.14. The summed E-state index contributed by atoms with van der Waals surface area (Å²) in [5.74, 6) is 0. The molecule has 0 aromatic heterocycles. The van der Waals surface area contributed by atoms with Crippen molar-refractivity contribution >= 4 is 11.8 Å². The number of nitrogens with zero attached hydrogens (tertiary/aromatic N) is 2. The van der Waals surface area contributed by atoms with Gasteiger partial charge >= 0.3 is 6.09 Å². The fourth-order valence-corrected chi connectivity index (χ4v) is 6.93. The molecular formula is C44H58N3O3+. The highest BCUT2D eigenvalue weighted by molar-refractivity contribution is 5.91. The summed E-state index contributed by atoms with van der Waals surface area (Å²) in [6.45, 7) is 6.08. The zero-order chi connectivity index (χ0) is 34.9. The van der Waals surface area contributed by atoms with Crippen molar-refractivity contribution < 1.29 is 18.8 Å². The molecule has 1 N–H and O–H groups in total. The molecule has 1 heterocycles. The van der Waals surface area contributed by atoms with Crippen molar-refractivity contribution in [3.63, 3.8) is 0 Å². The van der Waals surface area contributed by atoms with Gasteiger partial charge in [-0.3, -0.25) is 5.32 Å². The monoisotopic (exact) mass is 676 g/mol. The maximum atomic E-state index is 12.7. The Hall–Kier alpha value is -3.97. The number of carbonyl (C=O) groups excluding carboxylic acids is 1. The van der Waals surface area contributed by atoms with Crippen molar-refractivity contribution in [1.29, 1.82) is 0 Å². The highest BCUT2D eigenvalue weighted by Crippen LogP contribution is 2.28. The Bertz CT molecular complexity index is 1480. The van der Waals surface area contributed by atoms with Crippen LogP contribution in [0.1, 0.15) is 75.0 Å². The van der Waals surface area contributed by atoms with Gasteiger partial charge in [-0.25, -0.2) is 4.79 Å². The van der Waals surface area contributed by atoms with Crippen LogP contribution < -0.4 is 5.32 Å². The van der Waals surface area contributed by atoms with Gasteiger partial charge < -0.3 is 18.9 Å². The highest BCUT2D eigenvalue weighted by Gasteiger charge is 2.23. The van der Waals surface area contributed by atoms with Crippen LogP contribution in [0.5, 0.6) is 0 Å². The quantitative estimate of drug-likeness (QED) is 0.0794. The number of rotatable bonds is 19. The second-order valence-corrected chi connectivity index (χ2v) is 14.4. The molecule has 0 radical (unpaired) electrons. The van der Waals surface area contributed by atoms with Crippen molar-refractivity contribution in [2.24, 2.45) is 0 Å². The molecule has 1 amide bonds. The predicted molar refractivity (Wildman–Crippen MR) is 206 cm³/mol. The Balaban J connectivity index is 0.880. The van der Waals surface area contributed by atoms with Crippen molar-refractivity contribution in [3.05, 3.63) is 126 Å². The molecule has 1 aliphatic rings. The Morgan fingerprint density at radius 2 is 1.24 bits per heavy atom. The molecule has 4 aromatic rings. The van der Waals surface area contributed by atoms with Gasteiger partial charge in [-0.15, -0.1) is 0 Å². The Morgan fingerprint density at radius 1 is 0.700 bits per heavy atom. The third-order valence-corrected chi connectivity index (χ3v) is 9.98. The minimum absolute atomic E-state index is 0.0215. The number of piperidine rings is 1. The molecular weight excluding hydrogens is 619 g/mol. The van der Waals surface area contributed by atoms with E-state index in [4.69, 9.17) is 9.47 Å². The number of quaternary nitrogens is 1. The Morgan fingerprint density at radius 3 is 1.88 bits per heavy atom. The zero-order valence-corrected chi connectivity index (χ0v) is 30.4. The topological polar surface area (TPSA) is 50.8 Å². The summed E-state index contributed by atoms with van der Waals surface area (Å²) < 4.78 is 13.3. The lowest BCUT2D eigenvalue weighted by atomic mass is 10.0. The highest BCUT2D eigenvalue weighted by atomic mass is 16.6. The Kier molecular flexibility index (Phi) is 14.9. The molecule has 1 fully saturated rings. The summed E-state index contributed by atoms with van der Waals surface area (Å²) in [5.41, 5.74) is 5.27. The van der Waals surface area contributed by atoms with Crippen LogP contribution in [-0.2, 0) is 9.47 Å². The van der Waals surface area contributed by atoms with Gasteiger partial charge in [0.15, 0.2) is 0 Å². The number of likely N-dealkylation sites (N-methyl/N-ethyl adjacent to an activating group) is 1. The second-order valence-electron chi connectivity index (χ2n) is 14.4. The number of anilines is 1. The summed E-state index contributed by atoms with van der Waals surface area (Å²) in [6.07, 6.45) is 10.5. The van der Waals surface area contributed by atoms with Gasteiger partial charge in [-0.2, -0.15) is 0 Å². The lowest BCUT2D eigenvalue weighted by molar-refractivity contribution is -0.891. The normalized spacial score (nSPS) is 14.1. The van der Waals surface area contributed by atoms with Gasteiger partial charge in [0.05, 0.1) is 32.9 Å². The van der Waals surface area contributed by atoms with E-state index in [2.05, 4.69) is 97.1 Å². The van der Waals surface area contributed by atoms with Crippen LogP contribution >= 0.6 is 0 Å². The number of hydrogen-bond donors (Lipinski definition) is 1. The van der Waals surface area contributed by atoms with Crippen LogP contribution in [-0.4, -0.2) is 75.0 Å². The van der Waals surface area contributed by atoms with E-state index < -0.39 is 0 Å². The number of ether oxygens (including phenoxy) is 2. The Labute approximate surface area is 301 Å². The van der Waals surface area contributed by atoms with Gasteiger partial charge in [0.1, 0.15) is 18.8 Å². The fraction of sp³-hybridized carbons (Fsp3) is 0.432. The molecule has 6 heteroatoms. The van der Waals surface area contributed by atoms with Crippen LogP contribution in [0, 0.1) is 0 Å². The van der Waals surface area contributed by atoms with Crippen LogP contribution in [0.15, 0.2) is 115 Å². The maximum absolute atomic E-state index is 12.7. The first-order valence-corrected chi connectivity index (χ1v) is 18.8. The molecule has 0 spiro atoms. The summed E-state index contributed by atoms with van der Waals surface area (Å²) >= 11 is 0. The lowest BCUT2D eigenvalue weighted by Gasteiger charge is -2.31. The van der Waals surface area contributed by atoms with Gasteiger partial charge in [0.25, 0.3) is 0 Å². The van der Waals surface area contributed by atoms with Gasteiger partial charge in [-0.1, -0.05) is 135 Å². The van der Waals surface area contributed by atoms with Crippen LogP contribution in [0.25, 0.3) is 11.1 Å². The smallest absolute Gasteiger partial charge is 0.411 e. The van der Waals surface area contributed by atoms with Gasteiger partial charge in [0.2, 0.25) is 0 Å². The minimum Gasteiger partial charge on any atom is -0.446 e. The SMILES string of the molecule is C[N+](C)(CCCCCCCCCN1CCC(OC(=O)Nc2ccccc2-c2ccccc2)CC1)CCOC(c1ccccc1)c1ccccc1. The summed E-state index contributed by atoms with van der Waals surface area (Å²) in [7, 11) is 4.67. The lowest BCUT2D eigenvalue weighted by Crippen LogP contribution is -2.43. The molecule has 50 heavy (non-hydrogen) atoms. The van der Waals surface area contributed by atoms with E-state index in [1.54, 1.807) is 0 Å². The standard InChI is InChI=1S/C44H57N3O3/c1-47(2,35-36-49-43(38-23-13-9-14-24-38)39-25-15-10-16-26-39)34-20-7-5-3-4-6-19-31-46-32-29-40(30-33-46)50-44(48)45-42-28-18-17-27-41(42)37-21-11-8-12-22-37/h8-18,21-28,40,43H,3-7,19-20,29-36H2,1-2H3/p+1. The number of unbranched alkanes of at least 4 members (excludes halogenated alkanes) is 6. The van der Waals surface area contributed by atoms with Crippen LogP contribution in [0.3, 0.4) is 0 Å². The van der Waals surface area contributed by atoms with Crippen molar-refractivity contribution in [1.82, 2.24) is 4.90 Å². The number of benzene rings is 4. The first kappa shape index (κ1) is 37.3. The van der Waals surface area contributed by atoms with Crippen LogP contribution in [0.2, 0.25) is 0 Å². The molecule has 1 saturated heterocycles. The van der Waals surface area contributed by atoms with E-state index in [0.29, 0.717) is 0 Å². The maximum Gasteiger partial charge on any atom is 0.411 e. The first-order chi connectivity index (χ1) is 24.5. The molecule has 0 saturated carbocycles. The van der Waals surface area contributed by atoms with Gasteiger partial charge in [-0.05, 0) is 61.4 Å². The molecule has 6 nitrogen and oxygen atoms in total. The molecule has 0 atom stereocenters. The summed E-state index contributed by atoms with van der Waals surface area (Å²) in [6, 6.07) is 39.1. The van der Waals surface area contributed by atoms with Crippen molar-refractivity contribution in [2.45, 2.75) is 70.0 Å². The summed E-state index contributed by atoms with van der Waals surface area (Å²) in [4.78, 5) is 15.3. The van der Waals surface area contributed by atoms with E-state index in [9.17, 15) is 4.79 Å². The number of nitrogens with one attached hydrogen (secondary N) is 1. The number of para-hydroxylation sites is 1. The second kappa shape index (κ2) is 20.0. The molecule has 0 unspecified atom stereocenters. The van der Waals surface area contributed by atoms with Crippen LogP contribution in [0.4, 0.5) is 10.5 Å².